The van der Waals surface area contributed by atoms with E-state index in [1.54, 1.807) is 0 Å². The van der Waals surface area contributed by atoms with E-state index in [0.29, 0.717) is 0 Å². The number of fused-ring (bicyclic) bond motifs is 4. The summed E-state index contributed by atoms with van der Waals surface area (Å²) in [6, 6.07) is 40.6. The van der Waals surface area contributed by atoms with Crippen LogP contribution in [0.1, 0.15) is 22.3 Å². The van der Waals surface area contributed by atoms with E-state index in [9.17, 15) is 0 Å². The molecule has 0 aliphatic rings. The summed E-state index contributed by atoms with van der Waals surface area (Å²) >= 11 is 0. The highest BCUT2D eigenvalue weighted by Crippen LogP contribution is 2.47. The lowest BCUT2D eigenvalue weighted by Crippen LogP contribution is -1.94. The van der Waals surface area contributed by atoms with Gasteiger partial charge in [0.05, 0.1) is 0 Å². The molecule has 0 unspecified atom stereocenters. The fourth-order valence-corrected chi connectivity index (χ4v) is 6.60. The third-order valence-corrected chi connectivity index (χ3v) is 8.40. The van der Waals surface area contributed by atoms with Crippen LogP contribution in [-0.2, 0) is 0 Å². The monoisotopic (exact) mass is 486 g/mol. The van der Waals surface area contributed by atoms with Crippen molar-refractivity contribution < 1.29 is 0 Å². The van der Waals surface area contributed by atoms with E-state index >= 15 is 0 Å². The Morgan fingerprint density at radius 3 is 1.00 bits per heavy atom. The van der Waals surface area contributed by atoms with Crippen molar-refractivity contribution in [2.75, 3.05) is 0 Å². The largest absolute Gasteiger partial charge is 0.0616 e. The highest BCUT2D eigenvalue weighted by Gasteiger charge is 2.20. The molecule has 182 valence electrons. The molecule has 0 spiro atoms. The molecule has 0 heteroatoms. The Labute approximate surface area is 224 Å². The van der Waals surface area contributed by atoms with E-state index in [1.165, 1.54) is 87.6 Å². The molecule has 7 aromatic rings. The lowest BCUT2D eigenvalue weighted by molar-refractivity contribution is 1.48. The minimum absolute atomic E-state index is 1.30. The minimum Gasteiger partial charge on any atom is -0.0616 e. The second kappa shape index (κ2) is 8.57. The van der Waals surface area contributed by atoms with Crippen LogP contribution >= 0.6 is 0 Å². The van der Waals surface area contributed by atoms with E-state index in [0.717, 1.165) is 0 Å². The standard InChI is InChI=1S/C38H30/c1-23-19-21-33(35-25(3)11-9-17-27(23)35)37-29-13-5-7-15-31(29)38(32-16-8-6-14-30(32)37)34-22-20-24(2)28-18-10-12-26(4)36(28)34/h5-22H,1-4H3. The Morgan fingerprint density at radius 2 is 0.632 bits per heavy atom. The third-order valence-electron chi connectivity index (χ3n) is 8.40. The maximum atomic E-state index is 2.34. The molecule has 0 radical (unpaired) electrons. The molecule has 0 saturated heterocycles. The topological polar surface area (TPSA) is 0 Å². The molecule has 0 saturated carbocycles. The van der Waals surface area contributed by atoms with Gasteiger partial charge in [-0.25, -0.2) is 0 Å². The van der Waals surface area contributed by atoms with Crippen molar-refractivity contribution >= 4 is 43.1 Å². The summed E-state index contributed by atoms with van der Waals surface area (Å²) in [6.07, 6.45) is 0. The number of aryl methyl sites for hydroxylation is 4. The molecule has 0 aliphatic heterocycles. The normalized spacial score (nSPS) is 11.7. The number of hydrogen-bond donors (Lipinski definition) is 0. The van der Waals surface area contributed by atoms with Crippen molar-refractivity contribution in [3.63, 3.8) is 0 Å². The smallest absolute Gasteiger partial charge is 0.00200 e. The van der Waals surface area contributed by atoms with Crippen LogP contribution < -0.4 is 0 Å². The van der Waals surface area contributed by atoms with Crippen LogP contribution in [0, 0.1) is 27.7 Å². The van der Waals surface area contributed by atoms with E-state index in [-0.39, 0.29) is 0 Å². The van der Waals surface area contributed by atoms with E-state index < -0.39 is 0 Å². The highest BCUT2D eigenvalue weighted by atomic mass is 14.2. The molecule has 0 N–H and O–H groups in total. The van der Waals surface area contributed by atoms with E-state index in [1.807, 2.05) is 0 Å². The number of benzene rings is 7. The lowest BCUT2D eigenvalue weighted by atomic mass is 9.82. The predicted octanol–water partition coefficient (Wildman–Crippen LogP) is 10.9. The summed E-state index contributed by atoms with van der Waals surface area (Å²) in [5, 5.41) is 10.6. The van der Waals surface area contributed by atoms with Gasteiger partial charge in [-0.1, -0.05) is 109 Å². The van der Waals surface area contributed by atoms with Crippen LogP contribution in [-0.4, -0.2) is 0 Å². The molecule has 0 bridgehead atoms. The quantitative estimate of drug-likeness (QED) is 0.213. The van der Waals surface area contributed by atoms with Gasteiger partial charge in [-0.3, -0.25) is 0 Å². The second-order valence-corrected chi connectivity index (χ2v) is 10.7. The Hall–Kier alpha value is -4.42. The molecule has 0 aromatic heterocycles. The van der Waals surface area contributed by atoms with Crippen LogP contribution in [0.25, 0.3) is 65.3 Å². The van der Waals surface area contributed by atoms with E-state index in [2.05, 4.69) is 137 Å². The first-order chi connectivity index (χ1) is 18.5. The lowest BCUT2D eigenvalue weighted by Gasteiger charge is -2.21. The van der Waals surface area contributed by atoms with Crippen molar-refractivity contribution in [1.82, 2.24) is 0 Å². The number of hydrogen-bond acceptors (Lipinski definition) is 0. The molecular weight excluding hydrogens is 456 g/mol. The summed E-state index contributed by atoms with van der Waals surface area (Å²) in [6.45, 7) is 8.92. The molecule has 0 heterocycles. The third kappa shape index (κ3) is 3.23. The first-order valence-corrected chi connectivity index (χ1v) is 13.5. The van der Waals surface area contributed by atoms with E-state index in [4.69, 9.17) is 0 Å². The first kappa shape index (κ1) is 22.8. The van der Waals surface area contributed by atoms with Gasteiger partial charge >= 0.3 is 0 Å². The average Bonchev–Trinajstić information content (AvgIpc) is 2.94. The van der Waals surface area contributed by atoms with Crippen molar-refractivity contribution in [3.05, 3.63) is 131 Å². The molecule has 7 rings (SSSR count). The maximum absolute atomic E-state index is 2.34. The van der Waals surface area contributed by atoms with Crippen LogP contribution in [0.15, 0.2) is 109 Å². The van der Waals surface area contributed by atoms with Crippen LogP contribution in [0.5, 0.6) is 0 Å². The molecule has 7 aromatic carbocycles. The van der Waals surface area contributed by atoms with Gasteiger partial charge in [-0.2, -0.15) is 0 Å². The Bertz CT molecular complexity index is 1850. The predicted molar refractivity (Wildman–Crippen MR) is 166 cm³/mol. The molecule has 0 nitrogen and oxygen atoms in total. The molecule has 0 amide bonds. The molecule has 0 aliphatic carbocycles. The van der Waals surface area contributed by atoms with Crippen molar-refractivity contribution in [3.8, 4) is 22.3 Å². The summed E-state index contributed by atoms with van der Waals surface area (Å²) < 4.78 is 0. The van der Waals surface area contributed by atoms with Crippen LogP contribution in [0.4, 0.5) is 0 Å². The molecule has 0 atom stereocenters. The fourth-order valence-electron chi connectivity index (χ4n) is 6.60. The average molecular weight is 487 g/mol. The van der Waals surface area contributed by atoms with Gasteiger partial charge in [0.25, 0.3) is 0 Å². The SMILES string of the molecule is Cc1ccc(-c2c3ccccc3c(-c3ccc(C)c4cccc(C)c34)c3ccccc23)c2c(C)cccc12. The van der Waals surface area contributed by atoms with Gasteiger partial charge in [0.2, 0.25) is 0 Å². The van der Waals surface area contributed by atoms with Gasteiger partial charge in [-0.05, 0) is 115 Å². The van der Waals surface area contributed by atoms with Gasteiger partial charge < -0.3 is 0 Å². The second-order valence-electron chi connectivity index (χ2n) is 10.7. The van der Waals surface area contributed by atoms with Crippen molar-refractivity contribution in [2.45, 2.75) is 27.7 Å². The van der Waals surface area contributed by atoms with Gasteiger partial charge in [0.1, 0.15) is 0 Å². The van der Waals surface area contributed by atoms with Gasteiger partial charge in [-0.15, -0.1) is 0 Å². The van der Waals surface area contributed by atoms with Crippen LogP contribution in [0.3, 0.4) is 0 Å². The fraction of sp³-hybridized carbons (Fsp3) is 0.105. The van der Waals surface area contributed by atoms with Crippen LogP contribution in [0.2, 0.25) is 0 Å². The summed E-state index contributed by atoms with van der Waals surface area (Å²) in [5.74, 6) is 0. The van der Waals surface area contributed by atoms with Gasteiger partial charge in [0.15, 0.2) is 0 Å². The van der Waals surface area contributed by atoms with Crippen molar-refractivity contribution in [2.24, 2.45) is 0 Å². The molecule has 38 heavy (non-hydrogen) atoms. The number of rotatable bonds is 2. The Kier molecular flexibility index (Phi) is 5.13. The Balaban J connectivity index is 1.71. The van der Waals surface area contributed by atoms with Crippen molar-refractivity contribution in [1.29, 1.82) is 0 Å². The highest BCUT2D eigenvalue weighted by molar-refractivity contribution is 6.25. The summed E-state index contributed by atoms with van der Waals surface area (Å²) in [7, 11) is 0. The Morgan fingerprint density at radius 1 is 0.289 bits per heavy atom. The maximum Gasteiger partial charge on any atom is -0.00200 e. The first-order valence-electron chi connectivity index (χ1n) is 13.5. The zero-order valence-electron chi connectivity index (χ0n) is 22.4. The van der Waals surface area contributed by atoms with Gasteiger partial charge in [0, 0.05) is 0 Å². The minimum atomic E-state index is 1.30. The molecular formula is C38H30. The molecule has 0 fully saturated rings. The summed E-state index contributed by atoms with van der Waals surface area (Å²) in [5.41, 5.74) is 10.6. The zero-order valence-corrected chi connectivity index (χ0v) is 22.4. The summed E-state index contributed by atoms with van der Waals surface area (Å²) in [4.78, 5) is 0. The zero-order chi connectivity index (χ0) is 26.0.